The van der Waals surface area contributed by atoms with Gasteiger partial charge in [0.2, 0.25) is 5.91 Å². The van der Waals surface area contributed by atoms with Crippen molar-refractivity contribution in [3.8, 4) is 0 Å². The van der Waals surface area contributed by atoms with Gasteiger partial charge < -0.3 is 19.9 Å². The van der Waals surface area contributed by atoms with E-state index in [1.807, 2.05) is 0 Å². The van der Waals surface area contributed by atoms with Crippen LogP contribution in [0.2, 0.25) is 0 Å². The summed E-state index contributed by atoms with van der Waals surface area (Å²) in [6.45, 7) is 6.16. The third kappa shape index (κ3) is 8.42. The normalized spacial score (nSPS) is 17.8. The van der Waals surface area contributed by atoms with Gasteiger partial charge in [-0.25, -0.2) is 0 Å². The van der Waals surface area contributed by atoms with Crippen molar-refractivity contribution in [2.24, 2.45) is 0 Å². The average Bonchev–Trinajstić information content (AvgIpc) is 2.92. The van der Waals surface area contributed by atoms with E-state index in [0.717, 1.165) is 63.2 Å². The number of carbonyl (C=O) groups excluding carboxylic acids is 1. The summed E-state index contributed by atoms with van der Waals surface area (Å²) in [5.74, 6) is -0.589. The lowest BCUT2D eigenvalue weighted by atomic mass is 9.99. The number of ether oxygens (including phenoxy) is 1. The van der Waals surface area contributed by atoms with Gasteiger partial charge in [0.05, 0.1) is 24.3 Å². The fraction of sp³-hybridized carbons (Fsp3) is 0.483. The number of nitrogens with zero attached hydrogens (tertiary/aromatic N) is 2. The minimum Gasteiger partial charge on any atom is -0.382 e. The number of carbonyl (C=O) groups is 1. The van der Waals surface area contributed by atoms with Crippen LogP contribution in [0.25, 0.3) is 6.08 Å². The van der Waals surface area contributed by atoms with Crippen molar-refractivity contribution in [2.45, 2.75) is 54.4 Å². The molecule has 0 atom stereocenters. The SMILES string of the molecule is CCCN1CCC(Nc2cccc(Sc3ccc(/C=C/C(=O)N4CCOCC4)c(C(F)(F)F)c3C(F)(F)F)c2)CC1. The predicted octanol–water partition coefficient (Wildman–Crippen LogP) is 7.03. The van der Waals surface area contributed by atoms with Gasteiger partial charge in [-0.15, -0.1) is 0 Å². The van der Waals surface area contributed by atoms with Gasteiger partial charge in [0.1, 0.15) is 0 Å². The molecule has 2 aliphatic heterocycles. The molecule has 2 aromatic carbocycles. The number of anilines is 1. The lowest BCUT2D eigenvalue weighted by Gasteiger charge is -2.32. The molecular formula is C29H33F6N3O2S. The minimum absolute atomic E-state index is 0.206. The molecular weight excluding hydrogens is 568 g/mol. The Labute approximate surface area is 239 Å². The minimum atomic E-state index is -5.31. The highest BCUT2D eigenvalue weighted by Crippen LogP contribution is 2.48. The molecule has 2 aliphatic rings. The summed E-state index contributed by atoms with van der Waals surface area (Å²) in [7, 11) is 0. The lowest BCUT2D eigenvalue weighted by molar-refractivity contribution is -0.163. The summed E-state index contributed by atoms with van der Waals surface area (Å²) in [5, 5.41) is 3.42. The van der Waals surface area contributed by atoms with Gasteiger partial charge in [0, 0.05) is 53.8 Å². The van der Waals surface area contributed by atoms with Gasteiger partial charge in [0.25, 0.3) is 0 Å². The zero-order valence-corrected chi connectivity index (χ0v) is 23.5. The highest BCUT2D eigenvalue weighted by atomic mass is 32.2. The van der Waals surface area contributed by atoms with Crippen molar-refractivity contribution < 1.29 is 35.9 Å². The molecule has 224 valence electrons. The van der Waals surface area contributed by atoms with Crippen molar-refractivity contribution >= 4 is 29.4 Å². The summed E-state index contributed by atoms with van der Waals surface area (Å²) >= 11 is 0.629. The maximum Gasteiger partial charge on any atom is 0.418 e. The molecule has 1 amide bonds. The Morgan fingerprint density at radius 2 is 1.68 bits per heavy atom. The number of alkyl halides is 6. The number of morpholine rings is 1. The van der Waals surface area contributed by atoms with Gasteiger partial charge in [-0.05, 0) is 61.7 Å². The third-order valence-corrected chi connectivity index (χ3v) is 8.10. The van der Waals surface area contributed by atoms with E-state index in [-0.39, 0.29) is 32.3 Å². The zero-order chi connectivity index (χ0) is 29.6. The van der Waals surface area contributed by atoms with Gasteiger partial charge in [-0.1, -0.05) is 30.8 Å². The standard InChI is InChI=1S/C29H33F6N3O2S/c1-2-12-37-13-10-21(11-14-37)36-22-4-3-5-23(19-22)41-24-8-6-20(7-9-25(39)38-15-17-40-18-16-38)26(28(30,31)32)27(24)29(33,34)35/h3-9,19,21,36H,2,10-18H2,1H3/b9-7+. The summed E-state index contributed by atoms with van der Waals surface area (Å²) in [4.78, 5) is 16.0. The highest BCUT2D eigenvalue weighted by molar-refractivity contribution is 7.99. The molecule has 2 aromatic rings. The Morgan fingerprint density at radius 1 is 1.00 bits per heavy atom. The van der Waals surface area contributed by atoms with Crippen LogP contribution < -0.4 is 5.32 Å². The second-order valence-electron chi connectivity index (χ2n) is 10.1. The molecule has 0 radical (unpaired) electrons. The van der Waals surface area contributed by atoms with E-state index in [1.54, 1.807) is 24.3 Å². The van der Waals surface area contributed by atoms with E-state index < -0.39 is 39.8 Å². The maximum absolute atomic E-state index is 14.2. The number of halogens is 6. The van der Waals surface area contributed by atoms with E-state index in [1.165, 1.54) is 4.90 Å². The van der Waals surface area contributed by atoms with E-state index in [4.69, 9.17) is 4.74 Å². The van der Waals surface area contributed by atoms with Crippen LogP contribution in [-0.2, 0) is 21.9 Å². The lowest BCUT2D eigenvalue weighted by Crippen LogP contribution is -2.39. The van der Waals surface area contributed by atoms with Gasteiger partial charge in [-0.2, -0.15) is 26.3 Å². The van der Waals surface area contributed by atoms with E-state index in [9.17, 15) is 31.1 Å². The van der Waals surface area contributed by atoms with Crippen LogP contribution in [0.5, 0.6) is 0 Å². The zero-order valence-electron chi connectivity index (χ0n) is 22.7. The van der Waals surface area contributed by atoms with Gasteiger partial charge in [0.15, 0.2) is 0 Å². The first-order valence-corrected chi connectivity index (χ1v) is 14.4. The molecule has 2 heterocycles. The number of hydrogen-bond acceptors (Lipinski definition) is 5. The molecule has 2 fully saturated rings. The van der Waals surface area contributed by atoms with Crippen LogP contribution in [-0.4, -0.2) is 67.7 Å². The Hall–Kier alpha value is -2.70. The van der Waals surface area contributed by atoms with Gasteiger partial charge >= 0.3 is 12.4 Å². The average molecular weight is 602 g/mol. The van der Waals surface area contributed by atoms with Crippen LogP contribution in [0, 0.1) is 0 Å². The first-order valence-electron chi connectivity index (χ1n) is 13.6. The highest BCUT2D eigenvalue weighted by Gasteiger charge is 2.46. The second-order valence-corrected chi connectivity index (χ2v) is 11.2. The Morgan fingerprint density at radius 3 is 2.32 bits per heavy atom. The second kappa shape index (κ2) is 13.5. The molecule has 41 heavy (non-hydrogen) atoms. The van der Waals surface area contributed by atoms with Crippen molar-refractivity contribution in [3.05, 3.63) is 59.2 Å². The molecule has 0 spiro atoms. The summed E-state index contributed by atoms with van der Waals surface area (Å²) in [5.41, 5.74) is -3.60. The first-order chi connectivity index (χ1) is 19.5. The van der Waals surface area contributed by atoms with Crippen molar-refractivity contribution in [3.63, 3.8) is 0 Å². The predicted molar refractivity (Wildman–Crippen MR) is 147 cm³/mol. The van der Waals surface area contributed by atoms with E-state index in [2.05, 4.69) is 17.1 Å². The number of amides is 1. The number of rotatable bonds is 8. The summed E-state index contributed by atoms with van der Waals surface area (Å²) in [6, 6.07) is 8.92. The Bertz CT molecular complexity index is 1220. The summed E-state index contributed by atoms with van der Waals surface area (Å²) in [6.07, 6.45) is -5.98. The van der Waals surface area contributed by atoms with E-state index in [0.29, 0.717) is 22.3 Å². The van der Waals surface area contributed by atoms with E-state index >= 15 is 0 Å². The van der Waals surface area contributed by atoms with Crippen LogP contribution >= 0.6 is 11.8 Å². The number of likely N-dealkylation sites (tertiary alicyclic amines) is 1. The van der Waals surface area contributed by atoms with Crippen LogP contribution in [0.15, 0.2) is 52.3 Å². The molecule has 0 saturated carbocycles. The molecule has 4 rings (SSSR count). The fourth-order valence-corrected chi connectivity index (χ4v) is 6.13. The molecule has 12 heteroatoms. The van der Waals surface area contributed by atoms with Crippen LogP contribution in [0.4, 0.5) is 32.0 Å². The van der Waals surface area contributed by atoms with Crippen molar-refractivity contribution in [1.29, 1.82) is 0 Å². The Balaban J connectivity index is 1.59. The molecule has 0 aromatic heterocycles. The summed E-state index contributed by atoms with van der Waals surface area (Å²) < 4.78 is 90.4. The first kappa shape index (κ1) is 31.2. The molecule has 0 aliphatic carbocycles. The molecule has 0 bridgehead atoms. The van der Waals surface area contributed by atoms with Crippen molar-refractivity contribution in [2.75, 3.05) is 51.3 Å². The number of benzene rings is 2. The molecule has 5 nitrogen and oxygen atoms in total. The molecule has 2 saturated heterocycles. The van der Waals surface area contributed by atoms with Crippen molar-refractivity contribution in [1.82, 2.24) is 9.80 Å². The smallest absolute Gasteiger partial charge is 0.382 e. The van der Waals surface area contributed by atoms with Crippen LogP contribution in [0.1, 0.15) is 42.9 Å². The number of piperidine rings is 1. The Kier molecular flexibility index (Phi) is 10.3. The largest absolute Gasteiger partial charge is 0.418 e. The maximum atomic E-state index is 14.2. The molecule has 0 unspecified atom stereocenters. The molecule has 1 N–H and O–H groups in total. The number of hydrogen-bond donors (Lipinski definition) is 1. The quantitative estimate of drug-likeness (QED) is 0.260. The van der Waals surface area contributed by atoms with Gasteiger partial charge in [-0.3, -0.25) is 4.79 Å². The monoisotopic (exact) mass is 601 g/mol. The number of nitrogens with one attached hydrogen (secondary N) is 1. The third-order valence-electron chi connectivity index (χ3n) is 7.05. The topological polar surface area (TPSA) is 44.8 Å². The van der Waals surface area contributed by atoms with Crippen LogP contribution in [0.3, 0.4) is 0 Å². The fourth-order valence-electron chi connectivity index (χ4n) is 5.09.